The molecule has 3 aromatic rings. The van der Waals surface area contributed by atoms with Crippen LogP contribution in [0, 0.1) is 0 Å². The molecule has 0 aromatic heterocycles. The van der Waals surface area contributed by atoms with Crippen LogP contribution in [0.4, 0.5) is 5.69 Å². The number of sulfonamides is 1. The summed E-state index contributed by atoms with van der Waals surface area (Å²) in [5.41, 5.74) is 1.35. The molecule has 0 aliphatic rings. The first kappa shape index (κ1) is 23.8. The fourth-order valence-electron chi connectivity index (χ4n) is 2.98. The lowest BCUT2D eigenvalue weighted by Crippen LogP contribution is -2.30. The molecule has 8 nitrogen and oxygen atoms in total. The predicted molar refractivity (Wildman–Crippen MR) is 124 cm³/mol. The minimum absolute atomic E-state index is 0.00925. The Morgan fingerprint density at radius 1 is 0.909 bits per heavy atom. The molecule has 172 valence electrons. The van der Waals surface area contributed by atoms with Crippen molar-refractivity contribution in [2.45, 2.75) is 11.3 Å². The Labute approximate surface area is 192 Å². The van der Waals surface area contributed by atoms with Gasteiger partial charge in [-0.05, 0) is 42.3 Å². The summed E-state index contributed by atoms with van der Waals surface area (Å²) in [5.74, 6) is -0.890. The van der Waals surface area contributed by atoms with Crippen molar-refractivity contribution in [1.82, 2.24) is 5.32 Å². The molecule has 1 amide bonds. The number of hydrogen-bond acceptors (Lipinski definition) is 6. The van der Waals surface area contributed by atoms with Crippen LogP contribution in [0.15, 0.2) is 83.8 Å². The number of amides is 1. The molecule has 0 atom stereocenters. The van der Waals surface area contributed by atoms with Crippen molar-refractivity contribution in [3.8, 4) is 5.75 Å². The Morgan fingerprint density at radius 3 is 2.39 bits per heavy atom. The smallest absolute Gasteiger partial charge is 0.338 e. The minimum atomic E-state index is -3.99. The van der Waals surface area contributed by atoms with E-state index in [4.69, 9.17) is 9.47 Å². The minimum Gasteiger partial charge on any atom is -0.495 e. The Hall–Kier alpha value is -3.85. The molecule has 33 heavy (non-hydrogen) atoms. The van der Waals surface area contributed by atoms with Crippen molar-refractivity contribution in [1.29, 1.82) is 0 Å². The fraction of sp³-hybridized carbons (Fsp3) is 0.167. The number of rotatable bonds is 10. The molecule has 0 saturated carbocycles. The van der Waals surface area contributed by atoms with Gasteiger partial charge in [-0.3, -0.25) is 9.52 Å². The molecule has 0 radical (unpaired) electrons. The standard InChI is InChI=1S/C24H24N2O6S/c1-31-22-13-6-5-12-21(22)26-33(29,30)20-11-7-10-19(16-20)24(28)32-17-23(27)25-15-14-18-8-3-2-4-9-18/h2-13,16,26H,14-15,17H2,1H3,(H,25,27). The van der Waals surface area contributed by atoms with Gasteiger partial charge >= 0.3 is 5.97 Å². The second-order valence-electron chi connectivity index (χ2n) is 7.00. The van der Waals surface area contributed by atoms with Gasteiger partial charge in [-0.2, -0.15) is 0 Å². The second kappa shape index (κ2) is 11.1. The maximum absolute atomic E-state index is 12.8. The summed E-state index contributed by atoms with van der Waals surface area (Å²) in [7, 11) is -2.56. The van der Waals surface area contributed by atoms with Gasteiger partial charge in [0, 0.05) is 6.54 Å². The van der Waals surface area contributed by atoms with Crippen molar-refractivity contribution in [3.63, 3.8) is 0 Å². The molecule has 0 saturated heterocycles. The van der Waals surface area contributed by atoms with E-state index in [1.165, 1.54) is 31.4 Å². The number of ether oxygens (including phenoxy) is 2. The number of benzene rings is 3. The highest BCUT2D eigenvalue weighted by atomic mass is 32.2. The van der Waals surface area contributed by atoms with Crippen LogP contribution in [0.1, 0.15) is 15.9 Å². The third-order valence-corrected chi connectivity index (χ3v) is 6.01. The Bertz CT molecular complexity index is 1210. The van der Waals surface area contributed by atoms with E-state index in [9.17, 15) is 18.0 Å². The Balaban J connectivity index is 1.57. The van der Waals surface area contributed by atoms with Crippen LogP contribution in [0.3, 0.4) is 0 Å². The summed E-state index contributed by atoms with van der Waals surface area (Å²) < 4.78 is 38.2. The van der Waals surface area contributed by atoms with Crippen LogP contribution in [-0.4, -0.2) is 40.6 Å². The highest BCUT2D eigenvalue weighted by Gasteiger charge is 2.19. The lowest BCUT2D eigenvalue weighted by atomic mass is 10.1. The zero-order chi connectivity index (χ0) is 23.7. The van der Waals surface area contributed by atoms with Gasteiger partial charge in [-0.25, -0.2) is 13.2 Å². The van der Waals surface area contributed by atoms with Crippen molar-refractivity contribution >= 4 is 27.6 Å². The molecule has 0 unspecified atom stereocenters. The van der Waals surface area contributed by atoms with Crippen LogP contribution in [-0.2, 0) is 26.0 Å². The maximum Gasteiger partial charge on any atom is 0.338 e. The van der Waals surface area contributed by atoms with E-state index >= 15 is 0 Å². The molecule has 0 fully saturated rings. The fourth-order valence-corrected chi connectivity index (χ4v) is 4.10. The molecular formula is C24H24N2O6S. The van der Waals surface area contributed by atoms with Crippen molar-refractivity contribution in [2.75, 3.05) is 25.0 Å². The van der Waals surface area contributed by atoms with E-state index < -0.39 is 28.5 Å². The highest BCUT2D eigenvalue weighted by molar-refractivity contribution is 7.92. The number of esters is 1. The molecule has 0 aliphatic carbocycles. The molecule has 0 heterocycles. The molecule has 9 heteroatoms. The highest BCUT2D eigenvalue weighted by Crippen LogP contribution is 2.26. The second-order valence-corrected chi connectivity index (χ2v) is 8.68. The monoisotopic (exact) mass is 468 g/mol. The molecule has 0 spiro atoms. The summed E-state index contributed by atoms with van der Waals surface area (Å²) in [5, 5.41) is 2.68. The van der Waals surface area contributed by atoms with E-state index in [1.54, 1.807) is 24.3 Å². The third kappa shape index (κ3) is 6.81. The topological polar surface area (TPSA) is 111 Å². The van der Waals surface area contributed by atoms with Gasteiger partial charge in [0.2, 0.25) is 0 Å². The van der Waals surface area contributed by atoms with Crippen molar-refractivity contribution in [2.24, 2.45) is 0 Å². The summed E-state index contributed by atoms with van der Waals surface area (Å²) in [6.07, 6.45) is 0.652. The van der Waals surface area contributed by atoms with Crippen LogP contribution in [0.2, 0.25) is 0 Å². The number of carbonyl (C=O) groups is 2. The van der Waals surface area contributed by atoms with Gasteiger partial charge < -0.3 is 14.8 Å². The summed E-state index contributed by atoms with van der Waals surface area (Å²) in [6.45, 7) is -0.0627. The zero-order valence-corrected chi connectivity index (χ0v) is 18.8. The van der Waals surface area contributed by atoms with Gasteiger partial charge in [0.25, 0.3) is 15.9 Å². The van der Waals surface area contributed by atoms with Crippen LogP contribution < -0.4 is 14.8 Å². The summed E-state index contributed by atoms with van der Waals surface area (Å²) in [6, 6.07) is 21.6. The Kier molecular flexibility index (Phi) is 8.04. The first-order valence-corrected chi connectivity index (χ1v) is 11.6. The number of para-hydroxylation sites is 2. The zero-order valence-electron chi connectivity index (χ0n) is 18.0. The largest absolute Gasteiger partial charge is 0.495 e. The van der Waals surface area contributed by atoms with Crippen molar-refractivity contribution < 1.29 is 27.5 Å². The van der Waals surface area contributed by atoms with Gasteiger partial charge in [0.1, 0.15) is 5.75 Å². The molecule has 0 aliphatic heterocycles. The average molecular weight is 469 g/mol. The van der Waals surface area contributed by atoms with E-state index in [1.807, 2.05) is 30.3 Å². The molecule has 3 aromatic carbocycles. The van der Waals surface area contributed by atoms with Gasteiger partial charge in [0.05, 0.1) is 23.3 Å². The normalized spacial score (nSPS) is 10.8. The average Bonchev–Trinajstić information content (AvgIpc) is 2.83. The number of hydrogen-bond donors (Lipinski definition) is 2. The van der Waals surface area contributed by atoms with E-state index in [-0.39, 0.29) is 16.1 Å². The third-order valence-electron chi connectivity index (χ3n) is 4.64. The van der Waals surface area contributed by atoms with E-state index in [2.05, 4.69) is 10.0 Å². The van der Waals surface area contributed by atoms with Crippen LogP contribution >= 0.6 is 0 Å². The molecule has 0 bridgehead atoms. The number of carbonyl (C=O) groups excluding carboxylic acids is 2. The number of anilines is 1. The van der Waals surface area contributed by atoms with E-state index in [0.29, 0.717) is 18.7 Å². The van der Waals surface area contributed by atoms with E-state index in [0.717, 1.165) is 5.56 Å². The van der Waals surface area contributed by atoms with Gasteiger partial charge in [0.15, 0.2) is 6.61 Å². The molecule has 2 N–H and O–H groups in total. The lowest BCUT2D eigenvalue weighted by Gasteiger charge is -2.12. The van der Waals surface area contributed by atoms with Crippen LogP contribution in [0.5, 0.6) is 5.75 Å². The maximum atomic E-state index is 12.8. The quantitative estimate of drug-likeness (QED) is 0.443. The van der Waals surface area contributed by atoms with Crippen LogP contribution in [0.25, 0.3) is 0 Å². The van der Waals surface area contributed by atoms with Gasteiger partial charge in [-0.1, -0.05) is 48.5 Å². The summed E-state index contributed by atoms with van der Waals surface area (Å²) in [4.78, 5) is 24.2. The number of nitrogens with one attached hydrogen (secondary N) is 2. The van der Waals surface area contributed by atoms with Crippen molar-refractivity contribution in [3.05, 3.63) is 90.0 Å². The summed E-state index contributed by atoms with van der Waals surface area (Å²) >= 11 is 0. The number of methoxy groups -OCH3 is 1. The SMILES string of the molecule is COc1ccccc1NS(=O)(=O)c1cccc(C(=O)OCC(=O)NCCc2ccccc2)c1. The molecular weight excluding hydrogens is 444 g/mol. The Morgan fingerprint density at radius 2 is 1.64 bits per heavy atom. The first-order chi connectivity index (χ1) is 15.9. The lowest BCUT2D eigenvalue weighted by molar-refractivity contribution is -0.124. The van der Waals surface area contributed by atoms with Gasteiger partial charge in [-0.15, -0.1) is 0 Å². The molecule has 3 rings (SSSR count). The predicted octanol–water partition coefficient (Wildman–Crippen LogP) is 3.01. The first-order valence-electron chi connectivity index (χ1n) is 10.1.